The van der Waals surface area contributed by atoms with Crippen molar-refractivity contribution in [2.24, 2.45) is 0 Å². The molecule has 0 aromatic heterocycles. The van der Waals surface area contributed by atoms with E-state index in [2.05, 4.69) is 5.32 Å². The summed E-state index contributed by atoms with van der Waals surface area (Å²) in [7, 11) is 0. The van der Waals surface area contributed by atoms with Crippen molar-refractivity contribution in [2.45, 2.75) is 32.2 Å². The number of nitrogen functional groups attached to an aromatic ring is 1. The molecule has 0 heterocycles. The predicted octanol–water partition coefficient (Wildman–Crippen LogP) is 4.04. The summed E-state index contributed by atoms with van der Waals surface area (Å²) < 4.78 is 0. The molecule has 2 aromatic carbocycles. The molecule has 22 heavy (non-hydrogen) atoms. The molecule has 1 aliphatic carbocycles. The molecule has 0 spiro atoms. The Labute approximate surface area is 135 Å². The van der Waals surface area contributed by atoms with Gasteiger partial charge >= 0.3 is 0 Å². The zero-order valence-electron chi connectivity index (χ0n) is 12.5. The maximum atomic E-state index is 12.6. The number of rotatable bonds is 2. The summed E-state index contributed by atoms with van der Waals surface area (Å²) in [5, 5.41) is 3.76. The van der Waals surface area contributed by atoms with Crippen molar-refractivity contribution in [3.63, 3.8) is 0 Å². The fourth-order valence-corrected chi connectivity index (χ4v) is 3.25. The van der Waals surface area contributed by atoms with Gasteiger partial charge in [0.15, 0.2) is 0 Å². The van der Waals surface area contributed by atoms with E-state index in [0.29, 0.717) is 10.6 Å². The second-order valence-electron chi connectivity index (χ2n) is 5.79. The third-order valence-electron chi connectivity index (χ3n) is 4.30. The number of carbonyl (C=O) groups is 1. The highest BCUT2D eigenvalue weighted by molar-refractivity contribution is 6.31. The summed E-state index contributed by atoms with van der Waals surface area (Å²) in [5.41, 5.74) is 10.5. The molecule has 0 fully saturated rings. The Hall–Kier alpha value is -2.00. The highest BCUT2D eigenvalue weighted by atomic mass is 35.5. The van der Waals surface area contributed by atoms with Gasteiger partial charge < -0.3 is 11.1 Å². The van der Waals surface area contributed by atoms with Crippen molar-refractivity contribution in [2.75, 3.05) is 5.73 Å². The number of halogens is 1. The number of anilines is 1. The lowest BCUT2D eigenvalue weighted by molar-refractivity contribution is 0.0932. The van der Waals surface area contributed by atoms with Gasteiger partial charge in [-0.1, -0.05) is 23.7 Å². The smallest absolute Gasteiger partial charge is 0.252 e. The van der Waals surface area contributed by atoms with Gasteiger partial charge in [0, 0.05) is 16.3 Å². The number of aryl methyl sites for hydroxylation is 1. The molecule has 1 unspecified atom stereocenters. The maximum Gasteiger partial charge on any atom is 0.252 e. The monoisotopic (exact) mass is 314 g/mol. The van der Waals surface area contributed by atoms with Gasteiger partial charge in [-0.05, 0) is 67.1 Å². The van der Waals surface area contributed by atoms with Crippen LogP contribution in [0.15, 0.2) is 36.4 Å². The number of fused-ring (bicyclic) bond motifs is 1. The maximum absolute atomic E-state index is 12.6. The van der Waals surface area contributed by atoms with Gasteiger partial charge in [-0.3, -0.25) is 4.79 Å². The molecule has 3 nitrogen and oxygen atoms in total. The van der Waals surface area contributed by atoms with Crippen molar-refractivity contribution in [3.8, 4) is 0 Å². The van der Waals surface area contributed by atoms with Crippen LogP contribution in [0.5, 0.6) is 0 Å². The van der Waals surface area contributed by atoms with Crippen LogP contribution in [0, 0.1) is 6.92 Å². The zero-order valence-corrected chi connectivity index (χ0v) is 13.3. The van der Waals surface area contributed by atoms with Crippen molar-refractivity contribution < 1.29 is 4.79 Å². The van der Waals surface area contributed by atoms with E-state index >= 15 is 0 Å². The van der Waals surface area contributed by atoms with E-state index in [1.165, 1.54) is 11.1 Å². The lowest BCUT2D eigenvalue weighted by Gasteiger charge is -2.27. The molecule has 114 valence electrons. The number of hydrogen-bond donors (Lipinski definition) is 2. The lowest BCUT2D eigenvalue weighted by atomic mass is 9.87. The quantitative estimate of drug-likeness (QED) is 0.822. The molecule has 0 bridgehead atoms. The first-order chi connectivity index (χ1) is 10.6. The molecule has 3 N–H and O–H groups in total. The van der Waals surface area contributed by atoms with Crippen LogP contribution >= 0.6 is 11.6 Å². The first kappa shape index (κ1) is 14.9. The molecule has 2 aromatic rings. The Kier molecular flexibility index (Phi) is 4.08. The highest BCUT2D eigenvalue weighted by Crippen LogP contribution is 2.31. The lowest BCUT2D eigenvalue weighted by Crippen LogP contribution is -2.31. The standard InChI is InChI=1S/C18H19ClN2O/c1-11-14(5-3-6-16(11)19)18(22)21-17-7-2-4-12-10-13(20)8-9-15(12)17/h3,5-6,8-10,17H,2,4,7,20H2,1H3,(H,21,22). The molecule has 1 aliphatic rings. The van der Waals surface area contributed by atoms with Gasteiger partial charge in [0.2, 0.25) is 0 Å². The third kappa shape index (κ3) is 2.81. The van der Waals surface area contributed by atoms with Gasteiger partial charge in [-0.15, -0.1) is 0 Å². The predicted molar refractivity (Wildman–Crippen MR) is 90.2 cm³/mol. The SMILES string of the molecule is Cc1c(Cl)cccc1C(=O)NC1CCCc2cc(N)ccc21. The molecule has 4 heteroatoms. The number of nitrogens with two attached hydrogens (primary N) is 1. The number of amides is 1. The summed E-state index contributed by atoms with van der Waals surface area (Å²) in [6, 6.07) is 11.4. The molecular weight excluding hydrogens is 296 g/mol. The van der Waals surface area contributed by atoms with E-state index in [1.54, 1.807) is 12.1 Å². The number of carbonyl (C=O) groups excluding carboxylic acids is 1. The molecule has 0 aliphatic heterocycles. The Morgan fingerprint density at radius 2 is 2.14 bits per heavy atom. The van der Waals surface area contributed by atoms with Gasteiger partial charge in [0.25, 0.3) is 5.91 Å². The first-order valence-electron chi connectivity index (χ1n) is 7.50. The van der Waals surface area contributed by atoms with Gasteiger partial charge in [-0.2, -0.15) is 0 Å². The van der Waals surface area contributed by atoms with Crippen LogP contribution < -0.4 is 11.1 Å². The summed E-state index contributed by atoms with van der Waals surface area (Å²) in [4.78, 5) is 12.6. The van der Waals surface area contributed by atoms with Gasteiger partial charge in [0.05, 0.1) is 6.04 Å². The first-order valence-corrected chi connectivity index (χ1v) is 7.88. The average molecular weight is 315 g/mol. The topological polar surface area (TPSA) is 55.1 Å². The van der Waals surface area contributed by atoms with Crippen molar-refractivity contribution in [3.05, 3.63) is 63.7 Å². The van der Waals surface area contributed by atoms with Gasteiger partial charge in [0.1, 0.15) is 0 Å². The Morgan fingerprint density at radius 1 is 1.32 bits per heavy atom. The fraction of sp³-hybridized carbons (Fsp3) is 0.278. The fourth-order valence-electron chi connectivity index (χ4n) is 3.07. The summed E-state index contributed by atoms with van der Waals surface area (Å²) in [5.74, 6) is -0.0744. The summed E-state index contributed by atoms with van der Waals surface area (Å²) in [6.07, 6.45) is 3.02. The van der Waals surface area contributed by atoms with Crippen LogP contribution in [-0.4, -0.2) is 5.91 Å². The van der Waals surface area contributed by atoms with E-state index in [-0.39, 0.29) is 11.9 Å². The molecule has 1 atom stereocenters. The number of nitrogens with one attached hydrogen (secondary N) is 1. The Morgan fingerprint density at radius 3 is 2.95 bits per heavy atom. The van der Waals surface area contributed by atoms with E-state index in [1.807, 2.05) is 31.2 Å². The summed E-state index contributed by atoms with van der Waals surface area (Å²) >= 11 is 6.11. The minimum atomic E-state index is -0.0744. The van der Waals surface area contributed by atoms with Crippen LogP contribution in [0.4, 0.5) is 5.69 Å². The Bertz CT molecular complexity index is 727. The summed E-state index contributed by atoms with van der Waals surface area (Å²) in [6.45, 7) is 1.87. The molecule has 0 radical (unpaired) electrons. The highest BCUT2D eigenvalue weighted by Gasteiger charge is 2.23. The van der Waals surface area contributed by atoms with Crippen LogP contribution in [0.3, 0.4) is 0 Å². The zero-order chi connectivity index (χ0) is 15.7. The van der Waals surface area contributed by atoms with E-state index in [0.717, 1.165) is 30.5 Å². The van der Waals surface area contributed by atoms with Gasteiger partial charge in [-0.25, -0.2) is 0 Å². The van der Waals surface area contributed by atoms with Crippen LogP contribution in [0.25, 0.3) is 0 Å². The number of hydrogen-bond acceptors (Lipinski definition) is 2. The molecular formula is C18H19ClN2O. The van der Waals surface area contributed by atoms with Crippen LogP contribution in [0.2, 0.25) is 5.02 Å². The van der Waals surface area contributed by atoms with E-state index in [9.17, 15) is 4.79 Å². The average Bonchev–Trinajstić information content (AvgIpc) is 2.50. The van der Waals surface area contributed by atoms with E-state index < -0.39 is 0 Å². The third-order valence-corrected chi connectivity index (χ3v) is 4.71. The van der Waals surface area contributed by atoms with Crippen LogP contribution in [-0.2, 0) is 6.42 Å². The molecule has 0 saturated carbocycles. The molecule has 0 saturated heterocycles. The number of benzene rings is 2. The molecule has 3 rings (SSSR count). The second kappa shape index (κ2) is 6.01. The van der Waals surface area contributed by atoms with E-state index in [4.69, 9.17) is 17.3 Å². The normalized spacial score (nSPS) is 16.9. The second-order valence-corrected chi connectivity index (χ2v) is 6.20. The van der Waals surface area contributed by atoms with Crippen molar-refractivity contribution in [1.82, 2.24) is 5.32 Å². The molecule has 1 amide bonds. The Balaban J connectivity index is 1.85. The van der Waals surface area contributed by atoms with Crippen molar-refractivity contribution >= 4 is 23.2 Å². The minimum Gasteiger partial charge on any atom is -0.399 e. The van der Waals surface area contributed by atoms with Crippen molar-refractivity contribution in [1.29, 1.82) is 0 Å². The minimum absolute atomic E-state index is 0.0373. The van der Waals surface area contributed by atoms with Crippen LogP contribution in [0.1, 0.15) is 45.9 Å². The largest absolute Gasteiger partial charge is 0.399 e.